The highest BCUT2D eigenvalue weighted by molar-refractivity contribution is 5.80. The summed E-state index contributed by atoms with van der Waals surface area (Å²) in [5.74, 6) is 0.950. The zero-order valence-corrected chi connectivity index (χ0v) is 10.7. The maximum Gasteiger partial charge on any atom is 0.137 e. The quantitative estimate of drug-likeness (QED) is 0.750. The van der Waals surface area contributed by atoms with Crippen molar-refractivity contribution in [2.45, 2.75) is 39.0 Å². The van der Waals surface area contributed by atoms with Crippen LogP contribution in [0.15, 0.2) is 30.3 Å². The first kappa shape index (κ1) is 13.9. The molecule has 2 heteroatoms. The minimum absolute atomic E-state index is 0.340. The van der Waals surface area contributed by atoms with Crippen LogP contribution in [0.2, 0.25) is 0 Å². The zero-order chi connectivity index (χ0) is 12.5. The van der Waals surface area contributed by atoms with Crippen LogP contribution in [-0.2, 0) is 11.2 Å². The lowest BCUT2D eigenvalue weighted by molar-refractivity contribution is -0.118. The molecule has 17 heavy (non-hydrogen) atoms. The molecule has 0 spiro atoms. The SMILES string of the molecule is CCC(CCN)CCC(=O)Cc1ccccc1. The molecule has 1 aromatic rings. The van der Waals surface area contributed by atoms with Crippen LogP contribution in [-0.4, -0.2) is 12.3 Å². The Kier molecular flexibility index (Phi) is 6.56. The Bertz CT molecular complexity index is 321. The molecule has 0 aliphatic rings. The van der Waals surface area contributed by atoms with Gasteiger partial charge in [-0.3, -0.25) is 4.79 Å². The molecule has 1 atom stereocenters. The molecule has 94 valence electrons. The molecule has 0 fully saturated rings. The van der Waals surface area contributed by atoms with E-state index in [2.05, 4.69) is 6.92 Å². The van der Waals surface area contributed by atoms with E-state index in [-0.39, 0.29) is 0 Å². The van der Waals surface area contributed by atoms with Gasteiger partial charge in [-0.1, -0.05) is 43.7 Å². The van der Waals surface area contributed by atoms with Crippen molar-refractivity contribution in [2.75, 3.05) is 6.54 Å². The fourth-order valence-corrected chi connectivity index (χ4v) is 2.07. The summed E-state index contributed by atoms with van der Waals surface area (Å²) in [5.41, 5.74) is 6.67. The Morgan fingerprint density at radius 3 is 2.53 bits per heavy atom. The van der Waals surface area contributed by atoms with Crippen LogP contribution in [0.3, 0.4) is 0 Å². The highest BCUT2D eigenvalue weighted by Gasteiger charge is 2.09. The van der Waals surface area contributed by atoms with Crippen molar-refractivity contribution in [3.8, 4) is 0 Å². The summed E-state index contributed by atoms with van der Waals surface area (Å²) in [5, 5.41) is 0. The van der Waals surface area contributed by atoms with Crippen LogP contribution in [0.5, 0.6) is 0 Å². The predicted molar refractivity (Wildman–Crippen MR) is 71.8 cm³/mol. The van der Waals surface area contributed by atoms with Crippen LogP contribution in [0.25, 0.3) is 0 Å². The predicted octanol–water partition coefficient (Wildman–Crippen LogP) is 2.95. The van der Waals surface area contributed by atoms with E-state index in [1.165, 1.54) is 0 Å². The van der Waals surface area contributed by atoms with Crippen molar-refractivity contribution in [3.63, 3.8) is 0 Å². The monoisotopic (exact) mass is 233 g/mol. The van der Waals surface area contributed by atoms with Gasteiger partial charge >= 0.3 is 0 Å². The van der Waals surface area contributed by atoms with Gasteiger partial charge in [0.15, 0.2) is 0 Å². The van der Waals surface area contributed by atoms with E-state index in [0.29, 0.717) is 24.5 Å². The second-order valence-electron chi connectivity index (χ2n) is 4.59. The second kappa shape index (κ2) is 8.02. The van der Waals surface area contributed by atoms with Crippen LogP contribution in [0, 0.1) is 5.92 Å². The summed E-state index contributed by atoms with van der Waals surface area (Å²) in [7, 11) is 0. The molecular formula is C15H23NO. The van der Waals surface area contributed by atoms with Gasteiger partial charge in [0.1, 0.15) is 5.78 Å². The molecule has 1 aromatic carbocycles. The molecule has 2 N–H and O–H groups in total. The molecule has 0 heterocycles. The second-order valence-corrected chi connectivity index (χ2v) is 4.59. The van der Waals surface area contributed by atoms with E-state index in [9.17, 15) is 4.79 Å². The topological polar surface area (TPSA) is 43.1 Å². The van der Waals surface area contributed by atoms with E-state index >= 15 is 0 Å². The van der Waals surface area contributed by atoms with Crippen LogP contribution < -0.4 is 5.73 Å². The summed E-state index contributed by atoms with van der Waals surface area (Å²) in [6.07, 6.45) is 4.40. The van der Waals surface area contributed by atoms with Crippen molar-refractivity contribution < 1.29 is 4.79 Å². The van der Waals surface area contributed by atoms with Gasteiger partial charge in [-0.15, -0.1) is 0 Å². The van der Waals surface area contributed by atoms with Crippen molar-refractivity contribution >= 4 is 5.78 Å². The van der Waals surface area contributed by atoms with Crippen LogP contribution in [0.1, 0.15) is 38.2 Å². The number of carbonyl (C=O) groups excluding carboxylic acids is 1. The highest BCUT2D eigenvalue weighted by Crippen LogP contribution is 2.15. The van der Waals surface area contributed by atoms with Crippen molar-refractivity contribution in [2.24, 2.45) is 11.7 Å². The average Bonchev–Trinajstić information content (AvgIpc) is 2.35. The van der Waals surface area contributed by atoms with E-state index in [1.807, 2.05) is 30.3 Å². The summed E-state index contributed by atoms with van der Waals surface area (Å²) >= 11 is 0. The zero-order valence-electron chi connectivity index (χ0n) is 10.7. The number of hydrogen-bond acceptors (Lipinski definition) is 2. The van der Waals surface area contributed by atoms with Gasteiger partial charge in [0.2, 0.25) is 0 Å². The van der Waals surface area contributed by atoms with Gasteiger partial charge < -0.3 is 5.73 Å². The minimum Gasteiger partial charge on any atom is -0.330 e. The first-order valence-electron chi connectivity index (χ1n) is 6.52. The molecule has 0 aliphatic heterocycles. The fraction of sp³-hybridized carbons (Fsp3) is 0.533. The molecule has 1 unspecified atom stereocenters. The lowest BCUT2D eigenvalue weighted by Crippen LogP contribution is -2.11. The molecule has 0 bridgehead atoms. The Morgan fingerprint density at radius 2 is 1.94 bits per heavy atom. The number of carbonyl (C=O) groups is 1. The van der Waals surface area contributed by atoms with Gasteiger partial charge in [-0.25, -0.2) is 0 Å². The number of benzene rings is 1. The molecule has 0 saturated carbocycles. The van der Waals surface area contributed by atoms with Gasteiger partial charge in [0, 0.05) is 12.8 Å². The first-order valence-corrected chi connectivity index (χ1v) is 6.52. The van der Waals surface area contributed by atoms with Crippen molar-refractivity contribution in [1.29, 1.82) is 0 Å². The number of hydrogen-bond donors (Lipinski definition) is 1. The smallest absolute Gasteiger partial charge is 0.137 e. The summed E-state index contributed by atoms with van der Waals surface area (Å²) in [4.78, 5) is 11.8. The van der Waals surface area contributed by atoms with Crippen molar-refractivity contribution in [1.82, 2.24) is 0 Å². The highest BCUT2D eigenvalue weighted by atomic mass is 16.1. The molecule has 2 nitrogen and oxygen atoms in total. The summed E-state index contributed by atoms with van der Waals surface area (Å²) in [6, 6.07) is 9.95. The van der Waals surface area contributed by atoms with E-state index in [4.69, 9.17) is 5.73 Å². The fourth-order valence-electron chi connectivity index (χ4n) is 2.07. The summed E-state index contributed by atoms with van der Waals surface area (Å²) in [6.45, 7) is 2.90. The molecule has 1 rings (SSSR count). The van der Waals surface area contributed by atoms with E-state index in [1.54, 1.807) is 0 Å². The normalized spacial score (nSPS) is 12.4. The standard InChI is InChI=1S/C15H23NO/c1-2-13(10-11-16)8-9-15(17)12-14-6-4-3-5-7-14/h3-7,13H,2,8-12,16H2,1H3. The van der Waals surface area contributed by atoms with Gasteiger partial charge in [0.25, 0.3) is 0 Å². The Labute approximate surface area is 104 Å². The third-order valence-corrected chi connectivity index (χ3v) is 3.23. The van der Waals surface area contributed by atoms with Crippen LogP contribution >= 0.6 is 0 Å². The first-order chi connectivity index (χ1) is 8.26. The number of Topliss-reactive ketones (excluding diaryl/α,β-unsaturated/α-hetero) is 1. The molecule has 0 radical (unpaired) electrons. The van der Waals surface area contributed by atoms with Gasteiger partial charge in [-0.05, 0) is 30.9 Å². The lowest BCUT2D eigenvalue weighted by Gasteiger charge is -2.12. The Morgan fingerprint density at radius 1 is 1.24 bits per heavy atom. The average molecular weight is 233 g/mol. The van der Waals surface area contributed by atoms with Crippen molar-refractivity contribution in [3.05, 3.63) is 35.9 Å². The summed E-state index contributed by atoms with van der Waals surface area (Å²) < 4.78 is 0. The van der Waals surface area contributed by atoms with Crippen LogP contribution in [0.4, 0.5) is 0 Å². The molecule has 0 saturated heterocycles. The third-order valence-electron chi connectivity index (χ3n) is 3.23. The number of nitrogens with two attached hydrogens (primary N) is 1. The Hall–Kier alpha value is -1.15. The maximum atomic E-state index is 11.8. The van der Waals surface area contributed by atoms with E-state index < -0.39 is 0 Å². The number of ketones is 1. The van der Waals surface area contributed by atoms with E-state index in [0.717, 1.165) is 31.4 Å². The van der Waals surface area contributed by atoms with Gasteiger partial charge in [0.05, 0.1) is 0 Å². The largest absolute Gasteiger partial charge is 0.330 e. The molecule has 0 aromatic heterocycles. The number of rotatable bonds is 8. The molecule has 0 aliphatic carbocycles. The lowest BCUT2D eigenvalue weighted by atomic mass is 9.94. The molecule has 0 amide bonds. The third kappa shape index (κ3) is 5.64. The molecular weight excluding hydrogens is 210 g/mol. The maximum absolute atomic E-state index is 11.8. The minimum atomic E-state index is 0.340. The Balaban J connectivity index is 2.30. The van der Waals surface area contributed by atoms with Gasteiger partial charge in [-0.2, -0.15) is 0 Å².